The number of carbonyl (C=O) groups excluding carboxylic acids is 1. The average molecular weight is 339 g/mol. The summed E-state index contributed by atoms with van der Waals surface area (Å²) in [6.45, 7) is 7.94. The van der Waals surface area contributed by atoms with E-state index in [1.807, 2.05) is 38.1 Å². The fraction of sp³-hybridized carbons (Fsp3) is 0.529. The molecule has 0 radical (unpaired) electrons. The normalized spacial score (nSPS) is 12.6. The Balaban J connectivity index is 2.43. The van der Waals surface area contributed by atoms with Gasteiger partial charge in [-0.05, 0) is 38.0 Å². The summed E-state index contributed by atoms with van der Waals surface area (Å²) in [6.07, 6.45) is 1.36. The first-order valence-electron chi connectivity index (χ1n) is 8.11. The Labute approximate surface area is 143 Å². The molecule has 6 heteroatoms. The Bertz CT molecular complexity index is 502. The van der Waals surface area contributed by atoms with E-state index < -0.39 is 0 Å². The zero-order valence-electron chi connectivity index (χ0n) is 14.2. The van der Waals surface area contributed by atoms with Crippen LogP contribution in [0, 0.1) is 0 Å². The zero-order chi connectivity index (χ0) is 17.1. The first-order valence-corrected chi connectivity index (χ1v) is 8.48. The predicted octanol–water partition coefficient (Wildman–Crippen LogP) is 2.70. The summed E-state index contributed by atoms with van der Waals surface area (Å²) in [7, 11) is 0. The van der Waals surface area contributed by atoms with Gasteiger partial charge in [0.05, 0.1) is 6.54 Å². The number of nitrogens with zero attached hydrogens (tertiary/aromatic N) is 1. The van der Waals surface area contributed by atoms with Crippen LogP contribution < -0.4 is 16.0 Å². The van der Waals surface area contributed by atoms with E-state index in [4.69, 9.17) is 11.6 Å². The number of aliphatic imine (C=N–C) groups is 1. The third kappa shape index (κ3) is 8.45. The molecule has 23 heavy (non-hydrogen) atoms. The van der Waals surface area contributed by atoms with Crippen LogP contribution in [0.25, 0.3) is 0 Å². The van der Waals surface area contributed by atoms with Gasteiger partial charge in [-0.2, -0.15) is 0 Å². The molecule has 1 unspecified atom stereocenters. The van der Waals surface area contributed by atoms with E-state index in [2.05, 4.69) is 27.9 Å². The van der Waals surface area contributed by atoms with E-state index in [-0.39, 0.29) is 11.9 Å². The number of carbonyl (C=O) groups is 1. The fourth-order valence-corrected chi connectivity index (χ4v) is 1.97. The van der Waals surface area contributed by atoms with Crippen LogP contribution in [0.1, 0.15) is 39.2 Å². The maximum atomic E-state index is 11.7. The lowest BCUT2D eigenvalue weighted by molar-refractivity contribution is -0.121. The molecule has 128 valence electrons. The highest BCUT2D eigenvalue weighted by Gasteiger charge is 2.05. The lowest BCUT2D eigenvalue weighted by Gasteiger charge is -2.13. The molecule has 1 atom stereocenters. The Kier molecular flexibility index (Phi) is 9.14. The minimum absolute atomic E-state index is 0.0559. The van der Waals surface area contributed by atoms with Crippen molar-refractivity contribution < 1.29 is 4.79 Å². The molecule has 0 saturated carbocycles. The summed E-state index contributed by atoms with van der Waals surface area (Å²) in [6, 6.07) is 7.83. The Hall–Kier alpha value is -1.75. The number of hydrogen-bond donors (Lipinski definition) is 3. The second kappa shape index (κ2) is 10.9. The lowest BCUT2D eigenvalue weighted by atomic mass is 10.2. The van der Waals surface area contributed by atoms with Crippen LogP contribution in [-0.2, 0) is 11.3 Å². The molecule has 0 saturated heterocycles. The van der Waals surface area contributed by atoms with E-state index in [1.54, 1.807) is 0 Å². The standard InChI is InChI=1S/C17H27ClN4O/c1-4-13(3)22-16(23)10-11-20-17(19-5-2)21-12-14-6-8-15(18)9-7-14/h6-9,13H,4-5,10-12H2,1-3H3,(H,22,23)(H2,19,20,21). The number of amides is 1. The Morgan fingerprint density at radius 2 is 1.91 bits per heavy atom. The molecular weight excluding hydrogens is 312 g/mol. The van der Waals surface area contributed by atoms with Crippen molar-refractivity contribution in [2.45, 2.75) is 46.2 Å². The topological polar surface area (TPSA) is 65.5 Å². The second-order valence-corrected chi connectivity index (χ2v) is 5.81. The maximum Gasteiger partial charge on any atom is 0.221 e. The molecule has 0 bridgehead atoms. The van der Waals surface area contributed by atoms with Crippen LogP contribution in [0.3, 0.4) is 0 Å². The van der Waals surface area contributed by atoms with Crippen LogP contribution in [0.4, 0.5) is 0 Å². The highest BCUT2D eigenvalue weighted by atomic mass is 35.5. The van der Waals surface area contributed by atoms with Crippen molar-refractivity contribution in [1.29, 1.82) is 0 Å². The first-order chi connectivity index (χ1) is 11.0. The van der Waals surface area contributed by atoms with Gasteiger partial charge in [0.15, 0.2) is 5.96 Å². The smallest absolute Gasteiger partial charge is 0.221 e. The summed E-state index contributed by atoms with van der Waals surface area (Å²) in [5.74, 6) is 0.763. The molecule has 1 rings (SSSR count). The van der Waals surface area contributed by atoms with Crippen molar-refractivity contribution in [2.24, 2.45) is 4.99 Å². The molecule has 1 amide bonds. The van der Waals surface area contributed by atoms with Gasteiger partial charge in [0.25, 0.3) is 0 Å². The van der Waals surface area contributed by atoms with Crippen LogP contribution in [-0.4, -0.2) is 31.0 Å². The van der Waals surface area contributed by atoms with Gasteiger partial charge in [0, 0.05) is 30.6 Å². The number of halogens is 1. The molecule has 0 spiro atoms. The van der Waals surface area contributed by atoms with Gasteiger partial charge in [-0.25, -0.2) is 4.99 Å². The minimum atomic E-state index is 0.0559. The minimum Gasteiger partial charge on any atom is -0.357 e. The summed E-state index contributed by atoms with van der Waals surface area (Å²) in [4.78, 5) is 16.2. The third-order valence-corrected chi connectivity index (χ3v) is 3.59. The maximum absolute atomic E-state index is 11.7. The second-order valence-electron chi connectivity index (χ2n) is 5.38. The molecule has 1 aromatic carbocycles. The Morgan fingerprint density at radius 3 is 2.52 bits per heavy atom. The van der Waals surface area contributed by atoms with E-state index in [0.29, 0.717) is 25.5 Å². The summed E-state index contributed by atoms with van der Waals surface area (Å²) in [5, 5.41) is 10.0. The van der Waals surface area contributed by atoms with Crippen LogP contribution >= 0.6 is 11.6 Å². The van der Waals surface area contributed by atoms with Crippen molar-refractivity contribution >= 4 is 23.5 Å². The van der Waals surface area contributed by atoms with Crippen LogP contribution in [0.2, 0.25) is 5.02 Å². The molecule has 3 N–H and O–H groups in total. The average Bonchev–Trinajstić information content (AvgIpc) is 2.53. The SMILES string of the molecule is CCNC(=NCc1ccc(Cl)cc1)NCCC(=O)NC(C)CC. The van der Waals surface area contributed by atoms with Gasteiger partial charge in [0.1, 0.15) is 0 Å². The molecule has 0 fully saturated rings. The van der Waals surface area contributed by atoms with Crippen molar-refractivity contribution in [3.8, 4) is 0 Å². The highest BCUT2D eigenvalue weighted by Crippen LogP contribution is 2.10. The van der Waals surface area contributed by atoms with Crippen molar-refractivity contribution in [1.82, 2.24) is 16.0 Å². The van der Waals surface area contributed by atoms with Gasteiger partial charge in [-0.15, -0.1) is 0 Å². The molecule has 0 heterocycles. The van der Waals surface area contributed by atoms with Crippen molar-refractivity contribution in [2.75, 3.05) is 13.1 Å². The molecular formula is C17H27ClN4O. The van der Waals surface area contributed by atoms with E-state index in [1.165, 1.54) is 0 Å². The largest absolute Gasteiger partial charge is 0.357 e. The van der Waals surface area contributed by atoms with Gasteiger partial charge in [-0.1, -0.05) is 30.7 Å². The Morgan fingerprint density at radius 1 is 1.22 bits per heavy atom. The van der Waals surface area contributed by atoms with Crippen LogP contribution in [0.15, 0.2) is 29.3 Å². The molecule has 0 aliphatic heterocycles. The molecule has 0 aliphatic carbocycles. The monoisotopic (exact) mass is 338 g/mol. The molecule has 1 aromatic rings. The molecule has 0 aliphatic rings. The van der Waals surface area contributed by atoms with E-state index in [0.717, 1.165) is 23.6 Å². The number of guanidine groups is 1. The first kappa shape index (κ1) is 19.3. The van der Waals surface area contributed by atoms with Crippen LogP contribution in [0.5, 0.6) is 0 Å². The van der Waals surface area contributed by atoms with Crippen molar-refractivity contribution in [3.63, 3.8) is 0 Å². The van der Waals surface area contributed by atoms with Gasteiger partial charge >= 0.3 is 0 Å². The van der Waals surface area contributed by atoms with E-state index >= 15 is 0 Å². The predicted molar refractivity (Wildman–Crippen MR) is 96.8 cm³/mol. The van der Waals surface area contributed by atoms with Crippen molar-refractivity contribution in [3.05, 3.63) is 34.9 Å². The van der Waals surface area contributed by atoms with Gasteiger partial charge in [-0.3, -0.25) is 4.79 Å². The zero-order valence-corrected chi connectivity index (χ0v) is 14.9. The number of hydrogen-bond acceptors (Lipinski definition) is 2. The summed E-state index contributed by atoms with van der Waals surface area (Å²) in [5.41, 5.74) is 1.08. The lowest BCUT2D eigenvalue weighted by Crippen LogP contribution is -2.40. The third-order valence-electron chi connectivity index (χ3n) is 3.34. The number of benzene rings is 1. The van der Waals surface area contributed by atoms with E-state index in [9.17, 15) is 4.79 Å². The number of nitrogens with one attached hydrogen (secondary N) is 3. The molecule has 5 nitrogen and oxygen atoms in total. The van der Waals surface area contributed by atoms with Gasteiger partial charge < -0.3 is 16.0 Å². The number of rotatable bonds is 8. The quantitative estimate of drug-likeness (QED) is 0.504. The fourth-order valence-electron chi connectivity index (χ4n) is 1.85. The van der Waals surface area contributed by atoms with Gasteiger partial charge in [0.2, 0.25) is 5.91 Å². The molecule has 0 aromatic heterocycles. The summed E-state index contributed by atoms with van der Waals surface area (Å²) < 4.78 is 0. The summed E-state index contributed by atoms with van der Waals surface area (Å²) >= 11 is 5.87. The highest BCUT2D eigenvalue weighted by molar-refractivity contribution is 6.30.